The van der Waals surface area contributed by atoms with Crippen LogP contribution < -0.4 is 0 Å². The number of hydrogen-bond acceptors (Lipinski definition) is 3. The van der Waals surface area contributed by atoms with Crippen molar-refractivity contribution in [1.82, 2.24) is 14.1 Å². The Labute approximate surface area is 138 Å². The van der Waals surface area contributed by atoms with Gasteiger partial charge in [-0.2, -0.15) is 9.40 Å². The molecule has 124 valence electrons. The lowest BCUT2D eigenvalue weighted by atomic mass is 9.92. The maximum Gasteiger partial charge on any atom is 0.246 e. The van der Waals surface area contributed by atoms with Gasteiger partial charge in [0.1, 0.15) is 4.90 Å². The molecule has 1 atom stereocenters. The van der Waals surface area contributed by atoms with Gasteiger partial charge in [0.05, 0.1) is 6.20 Å². The highest BCUT2D eigenvalue weighted by Crippen LogP contribution is 2.25. The maximum absolute atomic E-state index is 12.7. The van der Waals surface area contributed by atoms with Crippen LogP contribution in [0.4, 0.5) is 0 Å². The van der Waals surface area contributed by atoms with Gasteiger partial charge in [-0.15, -0.1) is 0 Å². The molecule has 2 aromatic rings. The Morgan fingerprint density at radius 3 is 2.65 bits per heavy atom. The molecule has 1 aliphatic rings. The first-order chi connectivity index (χ1) is 10.9. The summed E-state index contributed by atoms with van der Waals surface area (Å²) in [6, 6.07) is 8.51. The van der Waals surface area contributed by atoms with Gasteiger partial charge in [0.2, 0.25) is 10.0 Å². The van der Waals surface area contributed by atoms with Gasteiger partial charge in [-0.3, -0.25) is 4.68 Å². The Kier molecular flexibility index (Phi) is 4.55. The van der Waals surface area contributed by atoms with Crippen molar-refractivity contribution in [1.29, 1.82) is 0 Å². The fourth-order valence-electron chi connectivity index (χ4n) is 3.15. The number of sulfonamides is 1. The van der Waals surface area contributed by atoms with Gasteiger partial charge in [-0.1, -0.05) is 29.8 Å². The lowest BCUT2D eigenvalue weighted by Gasteiger charge is -2.31. The normalized spacial score (nSPS) is 19.8. The molecule has 1 saturated heterocycles. The van der Waals surface area contributed by atoms with Gasteiger partial charge in [0, 0.05) is 26.3 Å². The van der Waals surface area contributed by atoms with Gasteiger partial charge in [-0.25, -0.2) is 8.42 Å². The van der Waals surface area contributed by atoms with Gasteiger partial charge in [0.25, 0.3) is 0 Å². The first-order valence-corrected chi connectivity index (χ1v) is 9.43. The monoisotopic (exact) mass is 333 g/mol. The molecule has 0 aliphatic carbocycles. The third kappa shape index (κ3) is 3.64. The van der Waals surface area contributed by atoms with Crippen molar-refractivity contribution in [2.75, 3.05) is 13.1 Å². The highest BCUT2D eigenvalue weighted by molar-refractivity contribution is 7.89. The fourth-order valence-corrected chi connectivity index (χ4v) is 4.69. The highest BCUT2D eigenvalue weighted by Gasteiger charge is 2.31. The predicted molar refractivity (Wildman–Crippen MR) is 89.6 cm³/mol. The molecule has 1 aromatic heterocycles. The minimum atomic E-state index is -3.42. The average molecular weight is 333 g/mol. The molecule has 0 amide bonds. The summed E-state index contributed by atoms with van der Waals surface area (Å²) in [5, 5.41) is 3.98. The van der Waals surface area contributed by atoms with Crippen molar-refractivity contribution >= 4 is 10.0 Å². The van der Waals surface area contributed by atoms with Crippen LogP contribution in [0.15, 0.2) is 41.6 Å². The average Bonchev–Trinajstić information content (AvgIpc) is 2.97. The lowest BCUT2D eigenvalue weighted by Crippen LogP contribution is -2.40. The summed E-state index contributed by atoms with van der Waals surface area (Å²) in [6.45, 7) is 3.26. The molecule has 0 radical (unpaired) electrons. The van der Waals surface area contributed by atoms with Crippen LogP contribution >= 0.6 is 0 Å². The number of aromatic nitrogens is 2. The summed E-state index contributed by atoms with van der Waals surface area (Å²) in [7, 11) is -1.69. The maximum atomic E-state index is 12.7. The minimum absolute atomic E-state index is 0.288. The Balaban J connectivity index is 1.71. The SMILES string of the molecule is Cc1ccc(CC2CCCN(S(=O)(=O)c3cnn(C)c3)C2)cc1. The van der Waals surface area contributed by atoms with E-state index < -0.39 is 10.0 Å². The van der Waals surface area contributed by atoms with E-state index >= 15 is 0 Å². The van der Waals surface area contributed by atoms with Crippen molar-refractivity contribution in [3.63, 3.8) is 0 Å². The van der Waals surface area contributed by atoms with E-state index in [9.17, 15) is 8.42 Å². The molecule has 6 heteroatoms. The summed E-state index contributed by atoms with van der Waals surface area (Å²) in [5.41, 5.74) is 2.53. The van der Waals surface area contributed by atoms with Crippen LogP contribution in [0.3, 0.4) is 0 Å². The molecule has 1 fully saturated rings. The van der Waals surface area contributed by atoms with Gasteiger partial charge < -0.3 is 0 Å². The van der Waals surface area contributed by atoms with E-state index in [2.05, 4.69) is 36.3 Å². The third-order valence-electron chi connectivity index (χ3n) is 4.45. The first kappa shape index (κ1) is 16.2. The van der Waals surface area contributed by atoms with Crippen molar-refractivity contribution in [3.8, 4) is 0 Å². The number of piperidine rings is 1. The topological polar surface area (TPSA) is 55.2 Å². The van der Waals surface area contributed by atoms with Crippen LogP contribution in [0.1, 0.15) is 24.0 Å². The van der Waals surface area contributed by atoms with E-state index in [1.165, 1.54) is 22.0 Å². The van der Waals surface area contributed by atoms with E-state index in [1.807, 2.05) is 0 Å². The second-order valence-electron chi connectivity index (χ2n) is 6.41. The van der Waals surface area contributed by atoms with Crippen LogP contribution in [0.5, 0.6) is 0 Å². The zero-order valence-electron chi connectivity index (χ0n) is 13.6. The van der Waals surface area contributed by atoms with Gasteiger partial charge in [-0.05, 0) is 37.7 Å². The van der Waals surface area contributed by atoms with Crippen LogP contribution in [0.25, 0.3) is 0 Å². The summed E-state index contributed by atoms with van der Waals surface area (Å²) in [6.07, 6.45) is 5.92. The molecular weight excluding hydrogens is 310 g/mol. The Bertz CT molecular complexity index is 765. The van der Waals surface area contributed by atoms with Crippen molar-refractivity contribution in [2.45, 2.75) is 31.1 Å². The number of rotatable bonds is 4. The van der Waals surface area contributed by atoms with Crippen LogP contribution in [0, 0.1) is 12.8 Å². The Morgan fingerprint density at radius 2 is 2.00 bits per heavy atom. The second kappa shape index (κ2) is 6.45. The van der Waals surface area contributed by atoms with Gasteiger partial charge in [0.15, 0.2) is 0 Å². The molecule has 0 N–H and O–H groups in total. The predicted octanol–water partition coefficient (Wildman–Crippen LogP) is 2.37. The van der Waals surface area contributed by atoms with Crippen LogP contribution in [-0.2, 0) is 23.5 Å². The first-order valence-electron chi connectivity index (χ1n) is 7.99. The van der Waals surface area contributed by atoms with Crippen molar-refractivity contribution in [2.24, 2.45) is 13.0 Å². The minimum Gasteiger partial charge on any atom is -0.274 e. The number of aryl methyl sites for hydroxylation is 2. The van der Waals surface area contributed by atoms with Crippen LogP contribution in [0.2, 0.25) is 0 Å². The number of nitrogens with zero attached hydrogens (tertiary/aromatic N) is 3. The summed E-state index contributed by atoms with van der Waals surface area (Å²) >= 11 is 0. The fraction of sp³-hybridized carbons (Fsp3) is 0.471. The van der Waals surface area contributed by atoms with Gasteiger partial charge >= 0.3 is 0 Å². The molecule has 1 aromatic carbocycles. The molecule has 23 heavy (non-hydrogen) atoms. The van der Waals surface area contributed by atoms with E-state index in [0.29, 0.717) is 19.0 Å². The largest absolute Gasteiger partial charge is 0.274 e. The summed E-state index contributed by atoms with van der Waals surface area (Å²) in [5.74, 6) is 0.373. The molecule has 3 rings (SSSR count). The Hall–Kier alpha value is -1.66. The highest BCUT2D eigenvalue weighted by atomic mass is 32.2. The number of benzene rings is 1. The molecule has 1 aliphatic heterocycles. The standard InChI is InChI=1S/C17H23N3O2S/c1-14-5-7-15(8-6-14)10-16-4-3-9-20(12-16)23(21,22)17-11-18-19(2)13-17/h5-8,11,13,16H,3-4,9-10,12H2,1-2H3. The smallest absolute Gasteiger partial charge is 0.246 e. The molecular formula is C17H23N3O2S. The molecule has 2 heterocycles. The van der Waals surface area contributed by atoms with Crippen LogP contribution in [-0.4, -0.2) is 35.6 Å². The zero-order valence-corrected chi connectivity index (χ0v) is 14.5. The third-order valence-corrected chi connectivity index (χ3v) is 6.26. The van der Waals surface area contributed by atoms with E-state index in [1.54, 1.807) is 17.5 Å². The molecule has 0 saturated carbocycles. The van der Waals surface area contributed by atoms with Crippen molar-refractivity contribution in [3.05, 3.63) is 47.8 Å². The van der Waals surface area contributed by atoms with E-state index in [4.69, 9.17) is 0 Å². The van der Waals surface area contributed by atoms with Crippen molar-refractivity contribution < 1.29 is 8.42 Å². The lowest BCUT2D eigenvalue weighted by molar-refractivity contribution is 0.265. The quantitative estimate of drug-likeness (QED) is 0.863. The summed E-state index contributed by atoms with van der Waals surface area (Å²) < 4.78 is 28.6. The number of hydrogen-bond donors (Lipinski definition) is 0. The molecule has 0 bridgehead atoms. The molecule has 5 nitrogen and oxygen atoms in total. The van der Waals surface area contributed by atoms with E-state index in [-0.39, 0.29) is 4.90 Å². The second-order valence-corrected chi connectivity index (χ2v) is 8.35. The summed E-state index contributed by atoms with van der Waals surface area (Å²) in [4.78, 5) is 0.288. The molecule has 0 spiro atoms. The Morgan fingerprint density at radius 1 is 1.26 bits per heavy atom. The zero-order chi connectivity index (χ0) is 16.4. The molecule has 1 unspecified atom stereocenters. The van der Waals surface area contributed by atoms with E-state index in [0.717, 1.165) is 19.3 Å².